The molecule has 0 saturated carbocycles. The maximum Gasteiger partial charge on any atom is 0.296 e. The van der Waals surface area contributed by atoms with Gasteiger partial charge in [0.15, 0.2) is 0 Å². The van der Waals surface area contributed by atoms with Gasteiger partial charge in [-0.25, -0.2) is 0 Å². The van der Waals surface area contributed by atoms with E-state index in [1.807, 2.05) is 41.9 Å². The Hall–Kier alpha value is -2.90. The molecule has 1 N–H and O–H groups in total. The third kappa shape index (κ3) is 4.36. The van der Waals surface area contributed by atoms with Crippen molar-refractivity contribution in [1.82, 2.24) is 4.90 Å². The topological polar surface area (TPSA) is 66.8 Å². The summed E-state index contributed by atoms with van der Waals surface area (Å²) >= 11 is 3.02. The third-order valence-electron chi connectivity index (χ3n) is 5.29. The molecule has 1 atom stereocenters. The van der Waals surface area contributed by atoms with E-state index in [-0.39, 0.29) is 11.3 Å². The quantitative estimate of drug-likeness (QED) is 0.272. The zero-order valence-electron chi connectivity index (χ0n) is 18.2. The van der Waals surface area contributed by atoms with Crippen LogP contribution in [0.1, 0.15) is 40.8 Å². The SMILES string of the molecule is Cc1ccsc1C1/C(=C(/O)c2cccc(OCC(C)C)c2)C(=O)C(=O)N1Cc1cccs1. The molecule has 0 bridgehead atoms. The number of carbonyl (C=O) groups excluding carboxylic acids is 2. The van der Waals surface area contributed by atoms with E-state index in [0.29, 0.717) is 30.4 Å². The molecule has 0 spiro atoms. The Labute approximate surface area is 195 Å². The van der Waals surface area contributed by atoms with Crippen molar-refractivity contribution in [2.24, 2.45) is 5.92 Å². The first-order chi connectivity index (χ1) is 15.4. The Morgan fingerprint density at radius 1 is 1.12 bits per heavy atom. The number of aryl methyl sites for hydroxylation is 1. The van der Waals surface area contributed by atoms with Gasteiger partial charge in [-0.1, -0.05) is 32.0 Å². The first-order valence-corrected chi connectivity index (χ1v) is 12.2. The summed E-state index contributed by atoms with van der Waals surface area (Å²) < 4.78 is 5.79. The lowest BCUT2D eigenvalue weighted by Gasteiger charge is -2.24. The number of Topliss-reactive ketones (excluding diaryl/α,β-unsaturated/α-hetero) is 1. The highest BCUT2D eigenvalue weighted by Gasteiger charge is 2.47. The van der Waals surface area contributed by atoms with Gasteiger partial charge in [0.25, 0.3) is 11.7 Å². The van der Waals surface area contributed by atoms with Gasteiger partial charge in [-0.15, -0.1) is 22.7 Å². The molecule has 166 valence electrons. The smallest absolute Gasteiger partial charge is 0.296 e. The molecule has 1 saturated heterocycles. The van der Waals surface area contributed by atoms with E-state index in [9.17, 15) is 14.7 Å². The Morgan fingerprint density at radius 3 is 2.59 bits per heavy atom. The molecule has 2 aromatic heterocycles. The van der Waals surface area contributed by atoms with E-state index in [1.165, 1.54) is 22.7 Å². The molecule has 1 aliphatic heterocycles. The fraction of sp³-hybridized carbons (Fsp3) is 0.280. The number of benzene rings is 1. The van der Waals surface area contributed by atoms with E-state index in [1.54, 1.807) is 23.1 Å². The lowest BCUT2D eigenvalue weighted by Crippen LogP contribution is -2.28. The number of rotatable bonds is 7. The second-order valence-electron chi connectivity index (χ2n) is 8.21. The molecule has 1 unspecified atom stereocenters. The number of hydrogen-bond acceptors (Lipinski definition) is 6. The second-order valence-corrected chi connectivity index (χ2v) is 10.2. The fourth-order valence-corrected chi connectivity index (χ4v) is 5.45. The minimum atomic E-state index is -0.662. The zero-order valence-corrected chi connectivity index (χ0v) is 19.8. The van der Waals surface area contributed by atoms with Crippen LogP contribution in [0.3, 0.4) is 0 Å². The molecular weight excluding hydrogens is 442 g/mol. The first kappa shape index (κ1) is 22.3. The molecule has 3 heterocycles. The number of ether oxygens (including phenoxy) is 1. The largest absolute Gasteiger partial charge is 0.507 e. The number of thiophene rings is 2. The number of amides is 1. The monoisotopic (exact) mass is 467 g/mol. The predicted octanol–water partition coefficient (Wildman–Crippen LogP) is 5.77. The van der Waals surface area contributed by atoms with E-state index >= 15 is 0 Å². The van der Waals surface area contributed by atoms with Crippen molar-refractivity contribution in [3.05, 3.63) is 79.7 Å². The van der Waals surface area contributed by atoms with Crippen molar-refractivity contribution in [2.75, 3.05) is 6.61 Å². The summed E-state index contributed by atoms with van der Waals surface area (Å²) in [7, 11) is 0. The summed E-state index contributed by atoms with van der Waals surface area (Å²) in [5.74, 6) is -0.462. The van der Waals surface area contributed by atoms with Gasteiger partial charge in [0.05, 0.1) is 18.7 Å². The molecular formula is C25H25NO4S2. The highest BCUT2D eigenvalue weighted by atomic mass is 32.1. The molecule has 1 aliphatic rings. The van der Waals surface area contributed by atoms with Gasteiger partial charge >= 0.3 is 0 Å². The molecule has 7 heteroatoms. The predicted molar refractivity (Wildman–Crippen MR) is 128 cm³/mol. The summed E-state index contributed by atoms with van der Waals surface area (Å²) in [5.41, 5.74) is 1.57. The van der Waals surface area contributed by atoms with E-state index in [2.05, 4.69) is 13.8 Å². The van der Waals surface area contributed by atoms with Crippen LogP contribution in [-0.2, 0) is 16.1 Å². The van der Waals surface area contributed by atoms with Crippen LogP contribution < -0.4 is 4.74 Å². The average Bonchev–Trinajstić information content (AvgIpc) is 3.49. The van der Waals surface area contributed by atoms with E-state index in [4.69, 9.17) is 4.74 Å². The van der Waals surface area contributed by atoms with Crippen LogP contribution >= 0.6 is 22.7 Å². The lowest BCUT2D eigenvalue weighted by atomic mass is 9.98. The molecule has 3 aromatic rings. The normalized spacial score (nSPS) is 18.0. The molecule has 4 rings (SSSR count). The fourth-order valence-electron chi connectivity index (χ4n) is 3.70. The second kappa shape index (κ2) is 9.30. The number of carbonyl (C=O) groups is 2. The van der Waals surface area contributed by atoms with Gasteiger partial charge < -0.3 is 14.7 Å². The molecule has 0 radical (unpaired) electrons. The lowest BCUT2D eigenvalue weighted by molar-refractivity contribution is -0.140. The minimum absolute atomic E-state index is 0.123. The minimum Gasteiger partial charge on any atom is -0.507 e. The molecule has 5 nitrogen and oxygen atoms in total. The Bertz CT molecular complexity index is 1160. The maximum atomic E-state index is 13.1. The van der Waals surface area contributed by atoms with Crippen LogP contribution in [0.4, 0.5) is 0 Å². The van der Waals surface area contributed by atoms with Crippen molar-refractivity contribution < 1.29 is 19.4 Å². The van der Waals surface area contributed by atoms with E-state index < -0.39 is 17.7 Å². The van der Waals surface area contributed by atoms with Crippen LogP contribution in [0.25, 0.3) is 5.76 Å². The molecule has 0 aliphatic carbocycles. The highest BCUT2D eigenvalue weighted by Crippen LogP contribution is 2.43. The summed E-state index contributed by atoms with van der Waals surface area (Å²) in [6, 6.07) is 12.2. The van der Waals surface area contributed by atoms with Crippen LogP contribution in [0.15, 0.2) is 58.8 Å². The summed E-state index contributed by atoms with van der Waals surface area (Å²) in [5, 5.41) is 15.1. The van der Waals surface area contributed by atoms with Gasteiger partial charge in [-0.3, -0.25) is 9.59 Å². The number of aliphatic hydroxyl groups is 1. The van der Waals surface area contributed by atoms with Gasteiger partial charge in [0, 0.05) is 15.3 Å². The van der Waals surface area contributed by atoms with Crippen molar-refractivity contribution in [2.45, 2.75) is 33.4 Å². The van der Waals surface area contributed by atoms with Gasteiger partial charge in [-0.2, -0.15) is 0 Å². The van der Waals surface area contributed by atoms with Crippen molar-refractivity contribution in [3.8, 4) is 5.75 Å². The van der Waals surface area contributed by atoms with Gasteiger partial charge in [0.1, 0.15) is 17.6 Å². The molecule has 1 amide bonds. The number of ketones is 1. The Morgan fingerprint density at radius 2 is 1.94 bits per heavy atom. The van der Waals surface area contributed by atoms with Crippen molar-refractivity contribution >= 4 is 40.1 Å². The van der Waals surface area contributed by atoms with Crippen LogP contribution in [0.2, 0.25) is 0 Å². The van der Waals surface area contributed by atoms with Crippen LogP contribution in [-0.4, -0.2) is 28.3 Å². The number of nitrogens with zero attached hydrogens (tertiary/aromatic N) is 1. The van der Waals surface area contributed by atoms with Crippen LogP contribution in [0, 0.1) is 12.8 Å². The van der Waals surface area contributed by atoms with Crippen molar-refractivity contribution in [3.63, 3.8) is 0 Å². The van der Waals surface area contributed by atoms with Gasteiger partial charge in [0.2, 0.25) is 0 Å². The first-order valence-electron chi connectivity index (χ1n) is 10.4. The maximum absolute atomic E-state index is 13.1. The number of aliphatic hydroxyl groups excluding tert-OH is 1. The van der Waals surface area contributed by atoms with E-state index in [0.717, 1.165) is 15.3 Å². The number of hydrogen-bond donors (Lipinski definition) is 1. The Kier molecular flexibility index (Phi) is 6.48. The summed E-state index contributed by atoms with van der Waals surface area (Å²) in [6.07, 6.45) is 0. The Balaban J connectivity index is 1.79. The molecule has 1 aromatic carbocycles. The van der Waals surface area contributed by atoms with Crippen LogP contribution in [0.5, 0.6) is 5.75 Å². The standard InChI is InChI=1S/C25H25NO4S2/c1-15(2)14-30-18-7-4-6-17(12-18)22(27)20-21(24-16(3)9-11-32-24)26(25(29)23(20)28)13-19-8-5-10-31-19/h4-12,15,21,27H,13-14H2,1-3H3/b22-20-. The van der Waals surface area contributed by atoms with Crippen molar-refractivity contribution in [1.29, 1.82) is 0 Å². The zero-order chi connectivity index (χ0) is 22.8. The summed E-state index contributed by atoms with van der Waals surface area (Å²) in [6.45, 7) is 6.93. The average molecular weight is 468 g/mol. The summed E-state index contributed by atoms with van der Waals surface area (Å²) in [4.78, 5) is 29.6. The third-order valence-corrected chi connectivity index (χ3v) is 7.22. The molecule has 1 fully saturated rings. The highest BCUT2D eigenvalue weighted by molar-refractivity contribution is 7.10. The molecule has 32 heavy (non-hydrogen) atoms. The number of likely N-dealkylation sites (tertiary alicyclic amines) is 1. The van der Waals surface area contributed by atoms with Gasteiger partial charge in [-0.05, 0) is 53.4 Å².